The van der Waals surface area contributed by atoms with Gasteiger partial charge in [0, 0.05) is 11.6 Å². The third kappa shape index (κ3) is 4.77. The summed E-state index contributed by atoms with van der Waals surface area (Å²) in [6.45, 7) is 5.00. The van der Waals surface area contributed by atoms with Crippen molar-refractivity contribution in [3.63, 3.8) is 0 Å². The topological polar surface area (TPSA) is 105 Å². The standard InChI is InChI=1S/C22H21N3O6/c1-3-27-16-9-7-15(12-19(16)28-4-2)21-24-25-22(31-21)23-20(26)10-6-14-5-8-17-18(11-14)30-13-29-17/h5-12H,3-4,13H2,1-2H3,(H,23,25,26). The first-order chi connectivity index (χ1) is 15.2. The number of nitrogens with one attached hydrogen (secondary N) is 1. The summed E-state index contributed by atoms with van der Waals surface area (Å²) in [6, 6.07) is 10.7. The Morgan fingerprint density at radius 3 is 2.68 bits per heavy atom. The number of rotatable bonds is 8. The molecule has 0 fully saturated rings. The van der Waals surface area contributed by atoms with Crippen molar-refractivity contribution in [2.45, 2.75) is 13.8 Å². The Hall–Kier alpha value is -4.01. The van der Waals surface area contributed by atoms with Crippen molar-refractivity contribution < 1.29 is 28.2 Å². The van der Waals surface area contributed by atoms with Crippen molar-refractivity contribution in [2.24, 2.45) is 0 Å². The van der Waals surface area contributed by atoms with Gasteiger partial charge in [0.1, 0.15) is 0 Å². The minimum absolute atomic E-state index is 0.0119. The first-order valence-electron chi connectivity index (χ1n) is 9.78. The van der Waals surface area contributed by atoms with Crippen molar-refractivity contribution in [3.05, 3.63) is 48.0 Å². The number of hydrogen-bond donors (Lipinski definition) is 1. The molecule has 2 heterocycles. The highest BCUT2D eigenvalue weighted by Gasteiger charge is 2.14. The van der Waals surface area contributed by atoms with Gasteiger partial charge in [-0.3, -0.25) is 10.1 Å². The van der Waals surface area contributed by atoms with E-state index in [0.717, 1.165) is 5.56 Å². The zero-order valence-corrected chi connectivity index (χ0v) is 17.1. The summed E-state index contributed by atoms with van der Waals surface area (Å²) < 4.78 is 27.3. The molecule has 1 aliphatic rings. The second-order valence-corrected chi connectivity index (χ2v) is 6.38. The second-order valence-electron chi connectivity index (χ2n) is 6.38. The van der Waals surface area contributed by atoms with Gasteiger partial charge in [0.15, 0.2) is 23.0 Å². The Kier molecular flexibility index (Phi) is 6.02. The zero-order chi connectivity index (χ0) is 21.6. The molecular weight excluding hydrogens is 402 g/mol. The lowest BCUT2D eigenvalue weighted by Crippen LogP contribution is -2.07. The fraction of sp³-hybridized carbons (Fsp3) is 0.227. The molecule has 0 radical (unpaired) electrons. The summed E-state index contributed by atoms with van der Waals surface area (Å²) in [5.41, 5.74) is 1.44. The third-order valence-corrected chi connectivity index (χ3v) is 4.27. The van der Waals surface area contributed by atoms with Crippen molar-refractivity contribution in [1.82, 2.24) is 10.2 Å². The van der Waals surface area contributed by atoms with Crippen LogP contribution in [0, 0.1) is 0 Å². The maximum Gasteiger partial charge on any atom is 0.322 e. The van der Waals surface area contributed by atoms with Gasteiger partial charge in [-0.25, -0.2) is 0 Å². The van der Waals surface area contributed by atoms with E-state index < -0.39 is 5.91 Å². The van der Waals surface area contributed by atoms with E-state index in [1.165, 1.54) is 6.08 Å². The van der Waals surface area contributed by atoms with E-state index in [2.05, 4.69) is 15.5 Å². The van der Waals surface area contributed by atoms with Gasteiger partial charge in [-0.2, -0.15) is 0 Å². The molecule has 1 amide bonds. The molecule has 0 atom stereocenters. The molecule has 4 rings (SSSR count). The maximum atomic E-state index is 12.2. The first kappa shape index (κ1) is 20.3. The molecule has 9 heteroatoms. The molecule has 0 saturated heterocycles. The number of carbonyl (C=O) groups is 1. The molecule has 2 aromatic carbocycles. The van der Waals surface area contributed by atoms with Crippen LogP contribution in [0.5, 0.6) is 23.0 Å². The fourth-order valence-electron chi connectivity index (χ4n) is 2.91. The Balaban J connectivity index is 1.43. The summed E-state index contributed by atoms with van der Waals surface area (Å²) >= 11 is 0. The number of aromatic nitrogens is 2. The molecule has 0 spiro atoms. The smallest absolute Gasteiger partial charge is 0.322 e. The van der Waals surface area contributed by atoms with Crippen LogP contribution in [0.15, 0.2) is 46.9 Å². The van der Waals surface area contributed by atoms with Gasteiger partial charge < -0.3 is 23.4 Å². The van der Waals surface area contributed by atoms with Crippen molar-refractivity contribution in [1.29, 1.82) is 0 Å². The molecule has 1 N–H and O–H groups in total. The molecule has 0 aliphatic carbocycles. The number of fused-ring (bicyclic) bond motifs is 1. The molecule has 0 unspecified atom stereocenters. The van der Waals surface area contributed by atoms with Crippen LogP contribution in [0.25, 0.3) is 17.5 Å². The van der Waals surface area contributed by atoms with E-state index in [4.69, 9.17) is 23.4 Å². The highest BCUT2D eigenvalue weighted by Crippen LogP contribution is 2.34. The molecule has 0 bridgehead atoms. The summed E-state index contributed by atoms with van der Waals surface area (Å²) in [7, 11) is 0. The number of carbonyl (C=O) groups excluding carboxylic acids is 1. The Morgan fingerprint density at radius 2 is 1.84 bits per heavy atom. The van der Waals surface area contributed by atoms with Crippen molar-refractivity contribution in [3.8, 4) is 34.5 Å². The Labute approximate surface area is 178 Å². The van der Waals surface area contributed by atoms with E-state index >= 15 is 0 Å². The van der Waals surface area contributed by atoms with Gasteiger partial charge in [0.05, 0.1) is 13.2 Å². The van der Waals surface area contributed by atoms with Gasteiger partial charge in [-0.05, 0) is 55.8 Å². The molecule has 3 aromatic rings. The number of anilines is 1. The first-order valence-corrected chi connectivity index (χ1v) is 9.78. The van der Waals surface area contributed by atoms with Gasteiger partial charge in [-0.15, -0.1) is 5.10 Å². The van der Waals surface area contributed by atoms with Crippen LogP contribution in [0.2, 0.25) is 0 Å². The van der Waals surface area contributed by atoms with Crippen LogP contribution in [-0.4, -0.2) is 36.1 Å². The monoisotopic (exact) mass is 423 g/mol. The molecule has 31 heavy (non-hydrogen) atoms. The predicted molar refractivity (Wildman–Crippen MR) is 112 cm³/mol. The maximum absolute atomic E-state index is 12.2. The molecule has 0 saturated carbocycles. The lowest BCUT2D eigenvalue weighted by molar-refractivity contribution is -0.112. The van der Waals surface area contributed by atoms with E-state index in [9.17, 15) is 4.79 Å². The van der Waals surface area contributed by atoms with Crippen LogP contribution in [0.1, 0.15) is 19.4 Å². The van der Waals surface area contributed by atoms with Gasteiger partial charge >= 0.3 is 6.01 Å². The van der Waals surface area contributed by atoms with E-state index in [0.29, 0.717) is 41.8 Å². The van der Waals surface area contributed by atoms with Gasteiger partial charge in [-0.1, -0.05) is 11.2 Å². The van der Waals surface area contributed by atoms with Gasteiger partial charge in [0.25, 0.3) is 5.91 Å². The number of ether oxygens (including phenoxy) is 4. The average Bonchev–Trinajstić information content (AvgIpc) is 3.43. The fourth-order valence-corrected chi connectivity index (χ4v) is 2.91. The number of amides is 1. The summed E-state index contributed by atoms with van der Waals surface area (Å²) in [4.78, 5) is 12.2. The van der Waals surface area contributed by atoms with Crippen LogP contribution in [0.3, 0.4) is 0 Å². The van der Waals surface area contributed by atoms with Crippen LogP contribution in [-0.2, 0) is 4.79 Å². The Morgan fingerprint density at radius 1 is 1.03 bits per heavy atom. The normalized spacial score (nSPS) is 12.2. The quantitative estimate of drug-likeness (QED) is 0.544. The minimum Gasteiger partial charge on any atom is -0.490 e. The average molecular weight is 423 g/mol. The van der Waals surface area contributed by atoms with E-state index in [1.807, 2.05) is 19.9 Å². The van der Waals surface area contributed by atoms with Gasteiger partial charge in [0.2, 0.25) is 12.7 Å². The summed E-state index contributed by atoms with van der Waals surface area (Å²) in [6.07, 6.45) is 3.01. The van der Waals surface area contributed by atoms with Crippen molar-refractivity contribution >= 4 is 18.0 Å². The minimum atomic E-state index is -0.408. The third-order valence-electron chi connectivity index (χ3n) is 4.27. The Bertz CT molecular complexity index is 1110. The van der Waals surface area contributed by atoms with Crippen LogP contribution < -0.4 is 24.3 Å². The lowest BCUT2D eigenvalue weighted by Gasteiger charge is -2.11. The number of hydrogen-bond acceptors (Lipinski definition) is 8. The summed E-state index contributed by atoms with van der Waals surface area (Å²) in [5, 5.41) is 10.4. The molecule has 160 valence electrons. The van der Waals surface area contributed by atoms with E-state index in [-0.39, 0.29) is 18.7 Å². The molecular formula is C22H21N3O6. The number of nitrogens with zero attached hydrogens (tertiary/aromatic N) is 2. The largest absolute Gasteiger partial charge is 0.490 e. The van der Waals surface area contributed by atoms with Crippen LogP contribution >= 0.6 is 0 Å². The van der Waals surface area contributed by atoms with Crippen LogP contribution in [0.4, 0.5) is 6.01 Å². The number of benzene rings is 2. The predicted octanol–water partition coefficient (Wildman–Crippen LogP) is 3.91. The highest BCUT2D eigenvalue weighted by atomic mass is 16.7. The molecule has 1 aromatic heterocycles. The molecule has 1 aliphatic heterocycles. The molecule has 9 nitrogen and oxygen atoms in total. The highest BCUT2D eigenvalue weighted by molar-refractivity contribution is 6.00. The zero-order valence-electron chi connectivity index (χ0n) is 17.1. The lowest BCUT2D eigenvalue weighted by atomic mass is 10.2. The van der Waals surface area contributed by atoms with Crippen molar-refractivity contribution in [2.75, 3.05) is 25.3 Å². The van der Waals surface area contributed by atoms with E-state index in [1.54, 1.807) is 36.4 Å². The SMILES string of the molecule is CCOc1ccc(-c2nnc(NC(=O)C=Cc3ccc4c(c3)OCO4)o2)cc1OCC. The summed E-state index contributed by atoms with van der Waals surface area (Å²) in [5.74, 6) is 2.38. The second kappa shape index (κ2) is 9.21.